The Hall–Kier alpha value is -8.92. The number of hydrogen-bond donors (Lipinski definition) is 0. The molecule has 0 aliphatic heterocycles. The Bertz CT molecular complexity index is 4220. The maximum Gasteiger partial charge on any atom is 0.0561 e. The first kappa shape index (κ1) is 42.0. The van der Waals surface area contributed by atoms with Crippen LogP contribution in [0.1, 0.15) is 47.6 Å². The molecule has 0 radical (unpaired) electrons. The third kappa shape index (κ3) is 6.72. The molecule has 13 aromatic rings. The fourth-order valence-corrected chi connectivity index (χ4v) is 12.2. The Kier molecular flexibility index (Phi) is 9.69. The molecule has 0 N–H and O–H groups in total. The second-order valence-electron chi connectivity index (χ2n) is 20.1. The van der Waals surface area contributed by atoms with Gasteiger partial charge in [0.2, 0.25) is 0 Å². The third-order valence-electron chi connectivity index (χ3n) is 15.7. The number of para-hydroxylation sites is 4. The molecule has 2 heterocycles. The molecule has 11 aromatic carbocycles. The van der Waals surface area contributed by atoms with E-state index in [9.17, 15) is 0 Å². The molecule has 0 saturated heterocycles. The van der Waals surface area contributed by atoms with Gasteiger partial charge in [0.1, 0.15) is 0 Å². The zero-order valence-electron chi connectivity index (χ0n) is 40.4. The van der Waals surface area contributed by atoms with Gasteiger partial charge in [-0.3, -0.25) is 0 Å². The summed E-state index contributed by atoms with van der Waals surface area (Å²) in [6.45, 7) is 4.74. The van der Waals surface area contributed by atoms with Gasteiger partial charge in [0.05, 0.1) is 22.1 Å². The fourth-order valence-electron chi connectivity index (χ4n) is 12.2. The molecule has 2 aromatic heterocycles. The summed E-state index contributed by atoms with van der Waals surface area (Å²) in [6, 6.07) is 94.5. The van der Waals surface area contributed by atoms with Crippen LogP contribution in [-0.4, -0.2) is 9.13 Å². The van der Waals surface area contributed by atoms with Gasteiger partial charge in [-0.2, -0.15) is 0 Å². The largest absolute Gasteiger partial charge is 0.310 e. The van der Waals surface area contributed by atoms with E-state index in [0.717, 1.165) is 29.2 Å². The lowest BCUT2D eigenvalue weighted by Gasteiger charge is -2.26. The Morgan fingerprint density at radius 3 is 1.65 bits per heavy atom. The Labute approximate surface area is 420 Å². The predicted octanol–water partition coefficient (Wildman–Crippen LogP) is 18.2. The summed E-state index contributed by atoms with van der Waals surface area (Å²) < 4.78 is 4.90. The predicted molar refractivity (Wildman–Crippen MR) is 303 cm³/mol. The van der Waals surface area contributed by atoms with E-state index in [1.165, 1.54) is 99.0 Å². The van der Waals surface area contributed by atoms with Gasteiger partial charge in [-0.05, 0) is 135 Å². The normalized spacial score (nSPS) is 13.2. The van der Waals surface area contributed by atoms with E-state index < -0.39 is 0 Å². The first-order valence-electron chi connectivity index (χ1n) is 25.3. The van der Waals surface area contributed by atoms with Crippen molar-refractivity contribution in [3.63, 3.8) is 0 Å². The Morgan fingerprint density at radius 1 is 0.361 bits per heavy atom. The van der Waals surface area contributed by atoms with E-state index in [1.54, 1.807) is 0 Å². The van der Waals surface area contributed by atoms with Gasteiger partial charge in [-0.25, -0.2) is 0 Å². The van der Waals surface area contributed by atoms with Crippen molar-refractivity contribution in [2.45, 2.75) is 31.6 Å². The molecule has 1 unspecified atom stereocenters. The smallest absolute Gasteiger partial charge is 0.0561 e. The minimum atomic E-state index is -0.0946. The number of aromatic nitrogens is 2. The van der Waals surface area contributed by atoms with E-state index >= 15 is 0 Å². The minimum Gasteiger partial charge on any atom is -0.310 e. The van der Waals surface area contributed by atoms with E-state index in [1.807, 2.05) is 0 Å². The Morgan fingerprint density at radius 2 is 0.889 bits per heavy atom. The zero-order valence-corrected chi connectivity index (χ0v) is 40.4. The van der Waals surface area contributed by atoms with E-state index in [4.69, 9.17) is 0 Å². The van der Waals surface area contributed by atoms with Crippen molar-refractivity contribution < 1.29 is 0 Å². The van der Waals surface area contributed by atoms with Gasteiger partial charge in [0.25, 0.3) is 0 Å². The summed E-state index contributed by atoms with van der Waals surface area (Å²) in [7, 11) is 0. The van der Waals surface area contributed by atoms with Crippen molar-refractivity contribution in [1.82, 2.24) is 9.13 Å². The second kappa shape index (κ2) is 16.6. The number of anilines is 3. The molecular weight excluding hydrogens is 871 g/mol. The van der Waals surface area contributed by atoms with Crippen LogP contribution in [0.3, 0.4) is 0 Å². The lowest BCUT2D eigenvalue weighted by atomic mass is 9.82. The van der Waals surface area contributed by atoms with Crippen LogP contribution in [-0.2, 0) is 11.8 Å². The quantitative estimate of drug-likeness (QED) is 0.141. The summed E-state index contributed by atoms with van der Waals surface area (Å²) in [5, 5.41) is 7.45. The molecule has 0 saturated carbocycles. The van der Waals surface area contributed by atoms with E-state index in [2.05, 4.69) is 283 Å². The van der Waals surface area contributed by atoms with Gasteiger partial charge in [-0.15, -0.1) is 0 Å². The lowest BCUT2D eigenvalue weighted by molar-refractivity contribution is 0.660. The molecule has 0 fully saturated rings. The van der Waals surface area contributed by atoms with Crippen molar-refractivity contribution in [1.29, 1.82) is 0 Å². The van der Waals surface area contributed by atoms with Crippen LogP contribution in [0, 0.1) is 0 Å². The lowest BCUT2D eigenvalue weighted by Crippen LogP contribution is -2.15. The number of hydrogen-bond acceptors (Lipinski definition) is 1. The van der Waals surface area contributed by atoms with Crippen LogP contribution in [0.4, 0.5) is 17.1 Å². The highest BCUT2D eigenvalue weighted by Crippen LogP contribution is 2.50. The zero-order chi connectivity index (χ0) is 47.9. The molecule has 3 heteroatoms. The molecule has 1 atom stereocenters. The van der Waals surface area contributed by atoms with Crippen LogP contribution in [0.25, 0.3) is 76.9 Å². The SMILES string of the molecule is CC1(C)c2ccccc2-c2ccc(-n3c4ccccc4c4ccc(C(Cc5ccccc5)c5ccc6cc(N(c7ccccc7)c7ccc8c9ccccc9n(-c9ccccc9)c8c7)ccc6c5)cc43)cc21. The van der Waals surface area contributed by atoms with Gasteiger partial charge in [0.15, 0.2) is 0 Å². The molecule has 0 spiro atoms. The van der Waals surface area contributed by atoms with Crippen LogP contribution < -0.4 is 4.90 Å². The molecule has 14 rings (SSSR count). The molecule has 1 aliphatic carbocycles. The maximum atomic E-state index is 2.51. The van der Waals surface area contributed by atoms with Crippen LogP contribution in [0.2, 0.25) is 0 Å². The highest BCUT2D eigenvalue weighted by Gasteiger charge is 2.35. The van der Waals surface area contributed by atoms with E-state index in [-0.39, 0.29) is 11.3 Å². The van der Waals surface area contributed by atoms with E-state index in [0.29, 0.717) is 0 Å². The standard InChI is InChI=1S/C69H51N3/c1-69(2)63-27-15-12-24-56(63)57-38-35-54(44-64(57)69)72-66-29-17-14-25-58(66)60-37-33-50(43-67(60)72)62(40-46-18-6-3-7-19-46)49-31-30-48-42-53(34-32-47(48)41-49)70(51-20-8-4-9-21-51)55-36-39-61-59-26-13-16-28-65(59)71(68(61)45-55)52-22-10-5-11-23-52/h3-39,41-45,62H,40H2,1-2H3. The number of fused-ring (bicyclic) bond motifs is 10. The Balaban J connectivity index is 0.887. The number of nitrogens with zero attached hydrogens (tertiary/aromatic N) is 3. The fraction of sp³-hybridized carbons (Fsp3) is 0.0725. The molecular formula is C69H51N3. The number of benzene rings is 11. The highest BCUT2D eigenvalue weighted by atomic mass is 15.1. The van der Waals surface area contributed by atoms with Crippen LogP contribution in [0.15, 0.2) is 255 Å². The first-order chi connectivity index (χ1) is 35.5. The van der Waals surface area contributed by atoms with Crippen molar-refractivity contribution in [3.8, 4) is 22.5 Å². The van der Waals surface area contributed by atoms with Crippen LogP contribution in [0.5, 0.6) is 0 Å². The summed E-state index contributed by atoms with van der Waals surface area (Å²) in [6.07, 6.45) is 0.880. The van der Waals surface area contributed by atoms with Gasteiger partial charge in [-0.1, -0.05) is 190 Å². The van der Waals surface area contributed by atoms with Gasteiger partial charge >= 0.3 is 0 Å². The second-order valence-corrected chi connectivity index (χ2v) is 20.1. The molecule has 1 aliphatic rings. The molecule has 72 heavy (non-hydrogen) atoms. The highest BCUT2D eigenvalue weighted by molar-refractivity contribution is 6.11. The minimum absolute atomic E-state index is 0.0946. The van der Waals surface area contributed by atoms with Crippen molar-refractivity contribution >= 4 is 71.4 Å². The van der Waals surface area contributed by atoms with Crippen molar-refractivity contribution in [2.24, 2.45) is 0 Å². The van der Waals surface area contributed by atoms with Crippen molar-refractivity contribution in [2.75, 3.05) is 4.90 Å². The molecule has 0 amide bonds. The topological polar surface area (TPSA) is 13.1 Å². The number of rotatable bonds is 9. The third-order valence-corrected chi connectivity index (χ3v) is 15.7. The monoisotopic (exact) mass is 921 g/mol. The van der Waals surface area contributed by atoms with Crippen LogP contribution >= 0.6 is 0 Å². The van der Waals surface area contributed by atoms with Crippen molar-refractivity contribution in [3.05, 3.63) is 283 Å². The molecule has 0 bridgehead atoms. The molecule has 342 valence electrons. The average Bonchev–Trinajstić information content (AvgIpc) is 4.03. The maximum absolute atomic E-state index is 2.51. The van der Waals surface area contributed by atoms with Gasteiger partial charge < -0.3 is 14.0 Å². The molecule has 3 nitrogen and oxygen atoms in total. The average molecular weight is 922 g/mol. The summed E-state index contributed by atoms with van der Waals surface area (Å²) in [4.78, 5) is 2.40. The van der Waals surface area contributed by atoms with Gasteiger partial charge in [0, 0.05) is 61.3 Å². The summed E-state index contributed by atoms with van der Waals surface area (Å²) in [5.74, 6) is 0.115. The summed E-state index contributed by atoms with van der Waals surface area (Å²) in [5.41, 5.74) is 19.8. The summed E-state index contributed by atoms with van der Waals surface area (Å²) >= 11 is 0. The first-order valence-corrected chi connectivity index (χ1v) is 25.3.